The molecule has 0 amide bonds. The van der Waals surface area contributed by atoms with Crippen LogP contribution in [0, 0.1) is 0 Å². The zero-order valence-electron chi connectivity index (χ0n) is 19.2. The number of piperidine rings is 1. The third-order valence-corrected chi connectivity index (χ3v) is 6.39. The number of carbonyl (C=O) groups is 1. The molecule has 1 rings (SSSR count). The molecule has 1 unspecified atom stereocenters. The molecule has 1 N–H and O–H groups in total. The monoisotopic (exact) mass is 395 g/mol. The van der Waals surface area contributed by atoms with Gasteiger partial charge in [-0.05, 0) is 32.2 Å². The van der Waals surface area contributed by atoms with Crippen LogP contribution in [0.15, 0.2) is 0 Å². The lowest BCUT2D eigenvalue weighted by Gasteiger charge is -2.36. The highest BCUT2D eigenvalue weighted by atomic mass is 16.6. The van der Waals surface area contributed by atoms with Gasteiger partial charge < -0.3 is 10.1 Å². The van der Waals surface area contributed by atoms with Crippen molar-refractivity contribution in [1.82, 2.24) is 5.32 Å². The van der Waals surface area contributed by atoms with Crippen LogP contribution < -0.4 is 5.32 Å². The lowest BCUT2D eigenvalue weighted by molar-refractivity contribution is -0.162. The van der Waals surface area contributed by atoms with E-state index in [9.17, 15) is 4.79 Å². The molecule has 1 aliphatic heterocycles. The first-order chi connectivity index (χ1) is 13.7. The van der Waals surface area contributed by atoms with E-state index in [2.05, 4.69) is 19.2 Å². The second kappa shape index (κ2) is 17.3. The molecule has 1 atom stereocenters. The molecule has 166 valence electrons. The maximum absolute atomic E-state index is 12.2. The highest BCUT2D eigenvalue weighted by Crippen LogP contribution is 2.25. The summed E-state index contributed by atoms with van der Waals surface area (Å²) in [6.07, 6.45) is 24.0. The van der Waals surface area contributed by atoms with Crippen molar-refractivity contribution < 1.29 is 9.53 Å². The Kier molecular flexibility index (Phi) is 15.7. The molecule has 0 radical (unpaired) electrons. The third kappa shape index (κ3) is 12.8. The molecular weight excluding hydrogens is 346 g/mol. The van der Waals surface area contributed by atoms with Gasteiger partial charge in [-0.15, -0.1) is 0 Å². The number of carbonyl (C=O) groups excluding carboxylic acids is 1. The first-order valence-electron chi connectivity index (χ1n) is 12.6. The summed E-state index contributed by atoms with van der Waals surface area (Å²) in [5.41, 5.74) is -0.231. The number of hydrogen-bond donors (Lipinski definition) is 1. The summed E-state index contributed by atoms with van der Waals surface area (Å²) in [4.78, 5) is 12.2. The molecule has 0 bridgehead atoms. The van der Waals surface area contributed by atoms with E-state index in [0.29, 0.717) is 6.42 Å². The van der Waals surface area contributed by atoms with E-state index in [-0.39, 0.29) is 11.6 Å². The van der Waals surface area contributed by atoms with E-state index in [1.807, 2.05) is 0 Å². The average Bonchev–Trinajstić information content (AvgIpc) is 2.71. The number of nitrogens with one attached hydrogen (secondary N) is 1. The van der Waals surface area contributed by atoms with Crippen molar-refractivity contribution in [2.24, 2.45) is 0 Å². The van der Waals surface area contributed by atoms with E-state index >= 15 is 0 Å². The van der Waals surface area contributed by atoms with Gasteiger partial charge in [-0.2, -0.15) is 0 Å². The second-order valence-electron chi connectivity index (χ2n) is 8.99. The van der Waals surface area contributed by atoms with E-state index in [1.165, 1.54) is 89.9 Å². The van der Waals surface area contributed by atoms with Gasteiger partial charge >= 0.3 is 5.97 Å². The van der Waals surface area contributed by atoms with Crippen LogP contribution in [0.1, 0.15) is 136 Å². The normalized spacial score (nSPS) is 19.6. The molecule has 0 saturated carbocycles. The number of ether oxygens (including phenoxy) is 1. The lowest BCUT2D eigenvalue weighted by Crippen LogP contribution is -2.48. The lowest BCUT2D eigenvalue weighted by atomic mass is 9.91. The van der Waals surface area contributed by atoms with Crippen molar-refractivity contribution >= 4 is 5.97 Å². The number of unbranched alkanes of at least 4 members (excludes halogenated alkanes) is 14. The Morgan fingerprint density at radius 2 is 1.29 bits per heavy atom. The third-order valence-electron chi connectivity index (χ3n) is 6.39. The molecule has 0 aromatic heterocycles. The standard InChI is InChI=1S/C25H49NO2/c1-3-5-6-7-8-9-10-11-12-13-14-15-16-17-18-20-24(27)28-25(4-2)21-19-22-26-23-25/h26H,3-23H2,1-2H3. The summed E-state index contributed by atoms with van der Waals surface area (Å²) in [6.45, 7) is 6.30. The zero-order chi connectivity index (χ0) is 20.3. The van der Waals surface area contributed by atoms with E-state index in [1.54, 1.807) is 0 Å². The van der Waals surface area contributed by atoms with Gasteiger partial charge in [0.25, 0.3) is 0 Å². The number of hydrogen-bond acceptors (Lipinski definition) is 3. The Bertz CT molecular complexity index is 364. The number of esters is 1. The molecule has 1 saturated heterocycles. The molecule has 3 nitrogen and oxygen atoms in total. The van der Waals surface area contributed by atoms with Gasteiger partial charge in [-0.25, -0.2) is 0 Å². The Morgan fingerprint density at radius 3 is 1.71 bits per heavy atom. The van der Waals surface area contributed by atoms with Crippen LogP contribution in [0.2, 0.25) is 0 Å². The first kappa shape index (κ1) is 25.5. The van der Waals surface area contributed by atoms with Crippen LogP contribution in [0.25, 0.3) is 0 Å². The maximum Gasteiger partial charge on any atom is 0.306 e. The fourth-order valence-corrected chi connectivity index (χ4v) is 4.33. The molecule has 0 spiro atoms. The quantitative estimate of drug-likeness (QED) is 0.195. The maximum atomic E-state index is 12.2. The van der Waals surface area contributed by atoms with E-state index in [0.717, 1.165) is 38.8 Å². The minimum atomic E-state index is -0.231. The molecule has 0 aromatic rings. The minimum absolute atomic E-state index is 0.0141. The highest BCUT2D eigenvalue weighted by Gasteiger charge is 2.33. The van der Waals surface area contributed by atoms with Gasteiger partial charge in [0.05, 0.1) is 0 Å². The predicted molar refractivity (Wildman–Crippen MR) is 121 cm³/mol. The summed E-state index contributed by atoms with van der Waals surface area (Å²) >= 11 is 0. The van der Waals surface area contributed by atoms with Crippen molar-refractivity contribution in [2.45, 2.75) is 141 Å². The average molecular weight is 396 g/mol. The molecule has 28 heavy (non-hydrogen) atoms. The summed E-state index contributed by atoms with van der Waals surface area (Å²) in [6, 6.07) is 0. The largest absolute Gasteiger partial charge is 0.458 e. The molecule has 0 aliphatic carbocycles. The topological polar surface area (TPSA) is 38.3 Å². The van der Waals surface area contributed by atoms with E-state index < -0.39 is 0 Å². The molecule has 1 aliphatic rings. The van der Waals surface area contributed by atoms with Gasteiger partial charge in [0, 0.05) is 13.0 Å². The van der Waals surface area contributed by atoms with Crippen LogP contribution in [-0.2, 0) is 9.53 Å². The van der Waals surface area contributed by atoms with Gasteiger partial charge in [0.2, 0.25) is 0 Å². The minimum Gasteiger partial charge on any atom is -0.458 e. The smallest absolute Gasteiger partial charge is 0.306 e. The first-order valence-corrected chi connectivity index (χ1v) is 12.6. The number of rotatable bonds is 18. The van der Waals surface area contributed by atoms with E-state index in [4.69, 9.17) is 4.74 Å². The summed E-state index contributed by atoms with van der Waals surface area (Å²) in [5, 5.41) is 3.38. The molecule has 1 heterocycles. The van der Waals surface area contributed by atoms with Crippen LogP contribution in [-0.4, -0.2) is 24.7 Å². The Labute approximate surface area is 175 Å². The highest BCUT2D eigenvalue weighted by molar-refractivity contribution is 5.69. The van der Waals surface area contributed by atoms with Crippen LogP contribution in [0.3, 0.4) is 0 Å². The Morgan fingerprint density at radius 1 is 0.786 bits per heavy atom. The van der Waals surface area contributed by atoms with Crippen molar-refractivity contribution in [1.29, 1.82) is 0 Å². The van der Waals surface area contributed by atoms with Gasteiger partial charge in [0.1, 0.15) is 5.60 Å². The summed E-state index contributed by atoms with van der Waals surface area (Å²) in [7, 11) is 0. The Hall–Kier alpha value is -0.570. The van der Waals surface area contributed by atoms with Crippen molar-refractivity contribution in [2.75, 3.05) is 13.1 Å². The van der Waals surface area contributed by atoms with Gasteiger partial charge in [-0.1, -0.05) is 104 Å². The molecule has 3 heteroatoms. The second-order valence-corrected chi connectivity index (χ2v) is 8.99. The fourth-order valence-electron chi connectivity index (χ4n) is 4.33. The van der Waals surface area contributed by atoms with Crippen molar-refractivity contribution in [3.8, 4) is 0 Å². The molecular formula is C25H49NO2. The van der Waals surface area contributed by atoms with Crippen molar-refractivity contribution in [3.05, 3.63) is 0 Å². The van der Waals surface area contributed by atoms with Gasteiger partial charge in [0.15, 0.2) is 0 Å². The SMILES string of the molecule is CCCCCCCCCCCCCCCCCC(=O)OC1(CC)CCCNC1. The summed E-state index contributed by atoms with van der Waals surface area (Å²) in [5.74, 6) is 0.0141. The summed E-state index contributed by atoms with van der Waals surface area (Å²) < 4.78 is 5.85. The van der Waals surface area contributed by atoms with Crippen LogP contribution in [0.5, 0.6) is 0 Å². The van der Waals surface area contributed by atoms with Crippen LogP contribution >= 0.6 is 0 Å². The zero-order valence-corrected chi connectivity index (χ0v) is 19.2. The fraction of sp³-hybridized carbons (Fsp3) is 0.960. The van der Waals surface area contributed by atoms with Crippen LogP contribution in [0.4, 0.5) is 0 Å². The predicted octanol–water partition coefficient (Wildman–Crippen LogP) is 7.32. The molecule has 0 aromatic carbocycles. The molecule has 1 fully saturated rings. The van der Waals surface area contributed by atoms with Crippen molar-refractivity contribution in [3.63, 3.8) is 0 Å². The van der Waals surface area contributed by atoms with Gasteiger partial charge in [-0.3, -0.25) is 4.79 Å². The Balaban J connectivity index is 1.84.